The van der Waals surface area contributed by atoms with E-state index in [4.69, 9.17) is 4.52 Å². The Bertz CT molecular complexity index is 751. The summed E-state index contributed by atoms with van der Waals surface area (Å²) in [5.41, 5.74) is -0.152. The summed E-state index contributed by atoms with van der Waals surface area (Å²) in [5, 5.41) is 14.9. The molecule has 1 aromatic heterocycles. The second kappa shape index (κ2) is 5.54. The Balaban J connectivity index is 2.05. The third-order valence-corrected chi connectivity index (χ3v) is 4.45. The van der Waals surface area contributed by atoms with Gasteiger partial charge in [-0.15, -0.1) is 0 Å². The van der Waals surface area contributed by atoms with Crippen LogP contribution in [-0.4, -0.2) is 26.7 Å². The quantitative estimate of drug-likeness (QED) is 0.362. The number of hydrogen-bond donors (Lipinski definition) is 0. The van der Waals surface area contributed by atoms with Gasteiger partial charge >= 0.3 is 0 Å². The molecule has 1 heterocycles. The van der Waals surface area contributed by atoms with Crippen molar-refractivity contribution in [2.75, 3.05) is 6.26 Å². The molecule has 7 nitrogen and oxygen atoms in total. The van der Waals surface area contributed by atoms with E-state index in [2.05, 4.69) is 5.16 Å². The largest absolute Gasteiger partial charge is 0.612 e. The van der Waals surface area contributed by atoms with Gasteiger partial charge in [0.15, 0.2) is 10.7 Å². The van der Waals surface area contributed by atoms with Crippen molar-refractivity contribution in [2.24, 2.45) is 0 Å². The van der Waals surface area contributed by atoms with Crippen molar-refractivity contribution in [3.05, 3.63) is 51.4 Å². The first-order chi connectivity index (χ1) is 10.5. The smallest absolute Gasteiger partial charge is 0.285 e. The van der Waals surface area contributed by atoms with Crippen LogP contribution in [0.5, 0.6) is 0 Å². The molecule has 0 amide bonds. The number of aromatic nitrogens is 1. The predicted molar refractivity (Wildman–Crippen MR) is 77.3 cm³/mol. The van der Waals surface area contributed by atoms with Crippen molar-refractivity contribution < 1.29 is 18.8 Å². The van der Waals surface area contributed by atoms with Gasteiger partial charge < -0.3 is 9.08 Å². The van der Waals surface area contributed by atoms with Gasteiger partial charge in [0.1, 0.15) is 11.8 Å². The number of nitro groups is 1. The first-order valence-electron chi connectivity index (χ1n) is 6.60. The van der Waals surface area contributed by atoms with Gasteiger partial charge in [0, 0.05) is 5.92 Å². The molecule has 1 atom stereocenters. The lowest BCUT2D eigenvalue weighted by atomic mass is 10.0. The van der Waals surface area contributed by atoms with E-state index in [-0.39, 0.29) is 22.7 Å². The Morgan fingerprint density at radius 1 is 1.41 bits per heavy atom. The van der Waals surface area contributed by atoms with Gasteiger partial charge in [0.05, 0.1) is 22.7 Å². The van der Waals surface area contributed by atoms with Crippen LogP contribution in [0.2, 0.25) is 0 Å². The zero-order chi connectivity index (χ0) is 15.9. The molecule has 3 rings (SSSR count). The minimum atomic E-state index is -1.36. The van der Waals surface area contributed by atoms with E-state index in [1.54, 1.807) is 0 Å². The van der Waals surface area contributed by atoms with Crippen molar-refractivity contribution in [2.45, 2.75) is 23.7 Å². The Morgan fingerprint density at radius 3 is 2.73 bits per heavy atom. The Labute approximate surface area is 128 Å². The first kappa shape index (κ1) is 14.7. The normalized spacial score (nSPS) is 15.5. The van der Waals surface area contributed by atoms with Crippen LogP contribution in [0.1, 0.15) is 40.4 Å². The van der Waals surface area contributed by atoms with Gasteiger partial charge in [-0.3, -0.25) is 14.9 Å². The monoisotopic (exact) mass is 320 g/mol. The van der Waals surface area contributed by atoms with Crippen LogP contribution in [0.4, 0.5) is 5.69 Å². The molecule has 22 heavy (non-hydrogen) atoms. The molecular weight excluding hydrogens is 308 g/mol. The fourth-order valence-electron chi connectivity index (χ4n) is 2.24. The molecular formula is C14H12N2O5S. The van der Waals surface area contributed by atoms with Gasteiger partial charge in [-0.1, -0.05) is 5.16 Å². The third-order valence-electron chi connectivity index (χ3n) is 3.53. The number of nitro benzene ring substituents is 1. The molecule has 1 fully saturated rings. The van der Waals surface area contributed by atoms with E-state index in [1.807, 2.05) is 0 Å². The number of hydrogen-bond acceptors (Lipinski definition) is 6. The van der Waals surface area contributed by atoms with Crippen LogP contribution in [0.3, 0.4) is 0 Å². The molecule has 0 radical (unpaired) electrons. The van der Waals surface area contributed by atoms with E-state index >= 15 is 0 Å². The maximum atomic E-state index is 12.6. The van der Waals surface area contributed by atoms with Crippen molar-refractivity contribution in [1.29, 1.82) is 0 Å². The summed E-state index contributed by atoms with van der Waals surface area (Å²) >= 11 is -1.36. The molecule has 114 valence electrons. The summed E-state index contributed by atoms with van der Waals surface area (Å²) in [7, 11) is 0. The number of carbonyl (C=O) groups excluding carboxylic acids is 1. The van der Waals surface area contributed by atoms with Crippen molar-refractivity contribution in [3.63, 3.8) is 0 Å². The topological polar surface area (TPSA) is 109 Å². The standard InChI is InChI=1S/C14H12N2O5S/c1-22(20)9-4-5-10(12(6-9)16(18)19)13(17)11-7-15-21-14(11)8-2-3-8/h4-8H,2-3H2,1H3. The summed E-state index contributed by atoms with van der Waals surface area (Å²) in [6.45, 7) is 0. The van der Waals surface area contributed by atoms with Crippen molar-refractivity contribution >= 4 is 22.6 Å². The van der Waals surface area contributed by atoms with E-state index in [9.17, 15) is 19.5 Å². The maximum Gasteiger partial charge on any atom is 0.285 e. The Kier molecular flexibility index (Phi) is 3.71. The van der Waals surface area contributed by atoms with Gasteiger partial charge in [-0.05, 0) is 36.2 Å². The molecule has 0 saturated heterocycles. The average Bonchev–Trinajstić information content (AvgIpc) is 3.22. The van der Waals surface area contributed by atoms with E-state index in [0.29, 0.717) is 10.7 Å². The fraction of sp³-hybridized carbons (Fsp3) is 0.286. The number of benzene rings is 1. The second-order valence-electron chi connectivity index (χ2n) is 5.10. The molecule has 0 N–H and O–H groups in total. The van der Waals surface area contributed by atoms with Crippen molar-refractivity contribution in [1.82, 2.24) is 5.16 Å². The molecule has 1 saturated carbocycles. The van der Waals surface area contributed by atoms with Gasteiger partial charge in [-0.2, -0.15) is 0 Å². The molecule has 1 aliphatic carbocycles. The summed E-state index contributed by atoms with van der Waals surface area (Å²) in [4.78, 5) is 23.5. The van der Waals surface area contributed by atoms with Gasteiger partial charge in [0.25, 0.3) is 5.69 Å². The highest BCUT2D eigenvalue weighted by Gasteiger charge is 2.34. The zero-order valence-corrected chi connectivity index (χ0v) is 12.5. The van der Waals surface area contributed by atoms with Crippen LogP contribution >= 0.6 is 0 Å². The van der Waals surface area contributed by atoms with Crippen LogP contribution < -0.4 is 0 Å². The van der Waals surface area contributed by atoms with E-state index in [1.165, 1.54) is 30.7 Å². The molecule has 0 spiro atoms. The molecule has 1 aromatic carbocycles. The summed E-state index contributed by atoms with van der Waals surface area (Å²) in [5.74, 6) is 0.161. The van der Waals surface area contributed by atoms with Crippen LogP contribution in [0, 0.1) is 10.1 Å². The summed E-state index contributed by atoms with van der Waals surface area (Å²) in [6.07, 6.45) is 4.56. The molecule has 0 aliphatic heterocycles. The minimum absolute atomic E-state index is 0.0516. The Hall–Kier alpha value is -2.19. The van der Waals surface area contributed by atoms with Crippen LogP contribution in [0.25, 0.3) is 0 Å². The Morgan fingerprint density at radius 2 is 2.14 bits per heavy atom. The molecule has 8 heteroatoms. The highest BCUT2D eigenvalue weighted by Crippen LogP contribution is 2.42. The highest BCUT2D eigenvalue weighted by molar-refractivity contribution is 7.90. The summed E-state index contributed by atoms with van der Waals surface area (Å²) in [6, 6.07) is 3.97. The summed E-state index contributed by atoms with van der Waals surface area (Å²) < 4.78 is 16.6. The zero-order valence-electron chi connectivity index (χ0n) is 11.6. The number of carbonyl (C=O) groups is 1. The number of ketones is 1. The lowest BCUT2D eigenvalue weighted by Gasteiger charge is -2.06. The number of nitrogens with zero attached hydrogens (tertiary/aromatic N) is 2. The predicted octanol–water partition coefficient (Wildman–Crippen LogP) is 2.43. The van der Waals surface area contributed by atoms with Gasteiger partial charge in [0.2, 0.25) is 5.78 Å². The SMILES string of the molecule is C[S+]([O-])c1ccc(C(=O)c2cnoc2C2CC2)c([N+](=O)[O-])c1. The lowest BCUT2D eigenvalue weighted by molar-refractivity contribution is -0.385. The van der Waals surface area contributed by atoms with E-state index < -0.39 is 21.9 Å². The molecule has 0 bridgehead atoms. The first-order valence-corrected chi connectivity index (χ1v) is 8.16. The fourth-order valence-corrected chi connectivity index (χ4v) is 2.77. The third kappa shape index (κ3) is 2.62. The highest BCUT2D eigenvalue weighted by atomic mass is 32.2. The van der Waals surface area contributed by atoms with Crippen LogP contribution in [0.15, 0.2) is 33.8 Å². The molecule has 1 aliphatic rings. The number of rotatable bonds is 5. The second-order valence-corrected chi connectivity index (χ2v) is 6.48. The van der Waals surface area contributed by atoms with E-state index in [0.717, 1.165) is 12.8 Å². The molecule has 2 aromatic rings. The molecule has 1 unspecified atom stereocenters. The van der Waals surface area contributed by atoms with Crippen LogP contribution in [-0.2, 0) is 11.2 Å². The maximum absolute atomic E-state index is 12.6. The average molecular weight is 320 g/mol. The van der Waals surface area contributed by atoms with Crippen molar-refractivity contribution in [3.8, 4) is 0 Å². The minimum Gasteiger partial charge on any atom is -0.612 e. The lowest BCUT2D eigenvalue weighted by Crippen LogP contribution is -2.08. The van der Waals surface area contributed by atoms with Gasteiger partial charge in [-0.25, -0.2) is 0 Å².